The second-order valence-electron chi connectivity index (χ2n) is 12.6. The van der Waals surface area contributed by atoms with Crippen LogP contribution in [0.1, 0.15) is 62.5 Å². The molecule has 0 atom stereocenters. The minimum absolute atomic E-state index is 0. The molecule has 0 aliphatic carbocycles. The number of halogens is 4. The molecule has 2 saturated heterocycles. The Kier molecular flexibility index (Phi) is 22.9. The van der Waals surface area contributed by atoms with Gasteiger partial charge in [0.1, 0.15) is 76.9 Å². The zero-order chi connectivity index (χ0) is 27.9. The van der Waals surface area contributed by atoms with Crippen molar-refractivity contribution in [3.05, 3.63) is 59.7 Å². The maximum atomic E-state index is 5.49. The lowest BCUT2D eigenvalue weighted by atomic mass is 10.1. The van der Waals surface area contributed by atoms with Crippen LogP contribution in [0.2, 0.25) is 0 Å². The summed E-state index contributed by atoms with van der Waals surface area (Å²) < 4.78 is 13.5. The molecule has 4 rings (SSSR count). The molecule has 0 spiro atoms. The second-order valence-corrected chi connectivity index (χ2v) is 12.6. The van der Waals surface area contributed by atoms with Crippen LogP contribution >= 0.6 is 0 Å². The van der Waals surface area contributed by atoms with E-state index in [2.05, 4.69) is 59.2 Å². The summed E-state index contributed by atoms with van der Waals surface area (Å²) in [6.07, 6.45) is 11.1. The molecule has 2 aromatic carbocycles. The number of hydrogen-bond donors (Lipinski definition) is 2. The fourth-order valence-corrected chi connectivity index (χ4v) is 7.17. The molecule has 2 heterocycles. The number of ether oxygens (including phenoxy) is 2. The van der Waals surface area contributed by atoms with Crippen LogP contribution in [-0.2, 0) is 13.1 Å². The first kappa shape index (κ1) is 43.0. The van der Waals surface area contributed by atoms with Crippen molar-refractivity contribution in [3.63, 3.8) is 0 Å². The van der Waals surface area contributed by atoms with Gasteiger partial charge in [0.15, 0.2) is 0 Å². The molecule has 254 valence electrons. The monoisotopic (exact) mass is 694 g/mol. The van der Waals surface area contributed by atoms with Crippen LogP contribution in [0, 0.1) is 0 Å². The topological polar surface area (TPSA) is 51.7 Å². The van der Waals surface area contributed by atoms with Gasteiger partial charge in [0.2, 0.25) is 0 Å². The standard InChI is InChI=1S/C34H56N4O2.4ClH/c1-39-33-15-11-13-31(27-33)29-37(23-17-35-18-24-37)21-9-7-5-3-4-6-8-10-22-38(25-19-36-20-26-38)30-32-14-12-16-34(28-32)40-2;;;;/h11-16,27-28,35-36H,3-10,17-26,29-30H2,1-2H3;4*1H/q+2;;;;/p-2. The summed E-state index contributed by atoms with van der Waals surface area (Å²) in [4.78, 5) is 0. The van der Waals surface area contributed by atoms with Crippen molar-refractivity contribution in [2.45, 2.75) is 64.5 Å². The molecule has 6 nitrogen and oxygen atoms in total. The Labute approximate surface area is 292 Å². The number of nitrogens with zero attached hydrogens (tertiary/aromatic N) is 2. The summed E-state index contributed by atoms with van der Waals surface area (Å²) in [5, 5.41) is 4.99. The van der Waals surface area contributed by atoms with Gasteiger partial charge in [-0.1, -0.05) is 49.9 Å². The maximum Gasteiger partial charge on any atom is 0.129 e. The average Bonchev–Trinajstić information content (AvgIpc) is 2.99. The summed E-state index contributed by atoms with van der Waals surface area (Å²) >= 11 is 0. The molecule has 2 aliphatic heterocycles. The molecule has 0 bridgehead atoms. The van der Waals surface area contributed by atoms with E-state index in [4.69, 9.17) is 9.47 Å². The molecular formula is C34H58Cl4N4O2. The van der Waals surface area contributed by atoms with Gasteiger partial charge in [-0.25, -0.2) is 0 Å². The highest BCUT2D eigenvalue weighted by atomic mass is 35.5. The Hall–Kier alpha value is -0.960. The molecule has 0 saturated carbocycles. The van der Waals surface area contributed by atoms with E-state index in [1.165, 1.54) is 137 Å². The number of methoxy groups -OCH3 is 2. The number of unbranched alkanes of at least 4 members (excludes halogenated alkanes) is 7. The Bertz CT molecular complexity index is 925. The molecule has 0 amide bonds. The van der Waals surface area contributed by atoms with Crippen LogP contribution in [0.4, 0.5) is 0 Å². The molecule has 2 aliphatic rings. The maximum absolute atomic E-state index is 5.49. The van der Waals surface area contributed by atoms with E-state index in [-0.39, 0.29) is 49.6 Å². The Balaban J connectivity index is 0.00000462. The van der Waals surface area contributed by atoms with Crippen molar-refractivity contribution >= 4 is 0 Å². The van der Waals surface area contributed by atoms with Crippen molar-refractivity contribution in [1.82, 2.24) is 0 Å². The van der Waals surface area contributed by atoms with Crippen LogP contribution in [0.5, 0.6) is 11.5 Å². The van der Waals surface area contributed by atoms with Crippen LogP contribution < -0.4 is 69.7 Å². The Morgan fingerprint density at radius 1 is 0.523 bits per heavy atom. The number of rotatable bonds is 17. The van der Waals surface area contributed by atoms with Gasteiger partial charge >= 0.3 is 0 Å². The molecule has 4 N–H and O–H groups in total. The molecule has 0 radical (unpaired) electrons. The first-order valence-corrected chi connectivity index (χ1v) is 16.2. The van der Waals surface area contributed by atoms with Crippen LogP contribution in [-0.4, -0.2) is 88.6 Å². The first-order valence-electron chi connectivity index (χ1n) is 16.2. The van der Waals surface area contributed by atoms with Gasteiger partial charge in [0.05, 0.1) is 27.3 Å². The van der Waals surface area contributed by atoms with Crippen LogP contribution in [0.3, 0.4) is 0 Å². The molecule has 0 unspecified atom stereocenters. The Morgan fingerprint density at radius 2 is 0.864 bits per heavy atom. The second kappa shape index (κ2) is 23.4. The third-order valence-corrected chi connectivity index (χ3v) is 9.55. The van der Waals surface area contributed by atoms with Gasteiger partial charge in [-0.3, -0.25) is 0 Å². The summed E-state index contributed by atoms with van der Waals surface area (Å²) in [7, 11) is 3.54. The van der Waals surface area contributed by atoms with E-state index in [9.17, 15) is 0 Å². The summed E-state index contributed by atoms with van der Waals surface area (Å²) in [6, 6.07) is 17.5. The van der Waals surface area contributed by atoms with Crippen molar-refractivity contribution in [3.8, 4) is 11.5 Å². The number of piperazine rings is 2. The minimum Gasteiger partial charge on any atom is -1.00 e. The molecule has 2 aromatic rings. The van der Waals surface area contributed by atoms with Crippen molar-refractivity contribution in [2.24, 2.45) is 0 Å². The van der Waals surface area contributed by atoms with E-state index in [1.807, 2.05) is 0 Å². The largest absolute Gasteiger partial charge is 1.00 e. The van der Waals surface area contributed by atoms with E-state index in [1.54, 1.807) is 14.2 Å². The van der Waals surface area contributed by atoms with Crippen LogP contribution in [0.15, 0.2) is 48.5 Å². The predicted octanol–water partition coefficient (Wildman–Crippen LogP) is -8.67. The SMILES string of the molecule is COc1cccc(C[N+]2(CCCCCCCCCC[N+]3(Cc4cccc(OC)c4)CC[NH2+]CC3)CC[NH2+]CC2)c1.[Cl-].[Cl-].[Cl-].[Cl-]. The van der Waals surface area contributed by atoms with Crippen molar-refractivity contribution in [2.75, 3.05) is 79.7 Å². The molecule has 0 aromatic heterocycles. The van der Waals surface area contributed by atoms with Gasteiger partial charge in [0, 0.05) is 11.1 Å². The fraction of sp³-hybridized carbons (Fsp3) is 0.647. The Morgan fingerprint density at radius 3 is 1.20 bits per heavy atom. The molecule has 2 fully saturated rings. The minimum atomic E-state index is 0. The summed E-state index contributed by atoms with van der Waals surface area (Å²) in [5.74, 6) is 1.98. The van der Waals surface area contributed by atoms with Gasteiger partial charge in [0.25, 0.3) is 0 Å². The van der Waals surface area contributed by atoms with Gasteiger partial charge < -0.3 is 78.7 Å². The first-order chi connectivity index (χ1) is 19.6. The highest BCUT2D eigenvalue weighted by molar-refractivity contribution is 5.28. The van der Waals surface area contributed by atoms with E-state index >= 15 is 0 Å². The zero-order valence-electron chi connectivity index (χ0n) is 27.1. The van der Waals surface area contributed by atoms with Gasteiger partial charge in [-0.2, -0.15) is 0 Å². The highest BCUT2D eigenvalue weighted by Gasteiger charge is 2.32. The van der Waals surface area contributed by atoms with Crippen molar-refractivity contribution in [1.29, 1.82) is 0 Å². The van der Waals surface area contributed by atoms with E-state index < -0.39 is 0 Å². The highest BCUT2D eigenvalue weighted by Crippen LogP contribution is 2.23. The lowest BCUT2D eigenvalue weighted by Gasteiger charge is -2.40. The normalized spacial score (nSPS) is 16.7. The number of nitrogens with two attached hydrogens (primary N) is 2. The third kappa shape index (κ3) is 14.2. The lowest BCUT2D eigenvalue weighted by Crippen LogP contribution is -3.00. The lowest BCUT2D eigenvalue weighted by molar-refractivity contribution is -0.978. The summed E-state index contributed by atoms with van der Waals surface area (Å²) in [6.45, 7) is 15.2. The van der Waals surface area contributed by atoms with Crippen LogP contribution in [0.25, 0.3) is 0 Å². The fourth-order valence-electron chi connectivity index (χ4n) is 7.17. The predicted molar refractivity (Wildman–Crippen MR) is 163 cm³/mol. The number of quaternary nitrogens is 4. The number of hydrogen-bond acceptors (Lipinski definition) is 2. The van der Waals surface area contributed by atoms with Gasteiger partial charge in [-0.05, 0) is 49.9 Å². The summed E-state index contributed by atoms with van der Waals surface area (Å²) in [5.41, 5.74) is 2.85. The zero-order valence-corrected chi connectivity index (χ0v) is 30.2. The van der Waals surface area contributed by atoms with Crippen molar-refractivity contribution < 1.29 is 78.7 Å². The van der Waals surface area contributed by atoms with E-state index in [0.29, 0.717) is 0 Å². The molecular weight excluding hydrogens is 638 g/mol. The quantitative estimate of drug-likeness (QED) is 0.128. The van der Waals surface area contributed by atoms with E-state index in [0.717, 1.165) is 24.6 Å². The molecule has 44 heavy (non-hydrogen) atoms. The number of benzene rings is 2. The molecule has 10 heteroatoms. The smallest absolute Gasteiger partial charge is 0.129 e. The van der Waals surface area contributed by atoms with Gasteiger partial charge in [-0.15, -0.1) is 0 Å². The third-order valence-electron chi connectivity index (χ3n) is 9.55. The average molecular weight is 697 g/mol.